The number of rotatable bonds is 2. The Balaban J connectivity index is 2.20. The zero-order chi connectivity index (χ0) is 15.0. The third-order valence-electron chi connectivity index (χ3n) is 3.35. The predicted octanol–water partition coefficient (Wildman–Crippen LogP) is 4.32. The number of pyridine rings is 1. The molecule has 0 saturated carbocycles. The fraction of sp³-hybridized carbons (Fsp3) is 0.0625. The van der Waals surface area contributed by atoms with E-state index in [0.29, 0.717) is 15.6 Å². The van der Waals surface area contributed by atoms with Crippen molar-refractivity contribution in [3.8, 4) is 0 Å². The Hall–Kier alpha value is -1.85. The molecule has 3 aromatic rings. The molecule has 1 aromatic heterocycles. The molecule has 2 nitrogen and oxygen atoms in total. The molecule has 5 heteroatoms. The summed E-state index contributed by atoms with van der Waals surface area (Å²) in [5, 5.41) is 0.878. The zero-order valence-electron chi connectivity index (χ0n) is 10.9. The van der Waals surface area contributed by atoms with E-state index < -0.39 is 17.7 Å². The van der Waals surface area contributed by atoms with Crippen molar-refractivity contribution in [2.75, 3.05) is 0 Å². The average molecular weight is 349 g/mol. The SMILES string of the molecule is NC(c1c(F)cc(Br)cc1F)c1cccc2cccnc12. The molecule has 0 amide bonds. The van der Waals surface area contributed by atoms with Crippen molar-refractivity contribution in [3.05, 3.63) is 75.9 Å². The van der Waals surface area contributed by atoms with Crippen molar-refractivity contribution in [2.24, 2.45) is 5.73 Å². The van der Waals surface area contributed by atoms with Gasteiger partial charge >= 0.3 is 0 Å². The summed E-state index contributed by atoms with van der Waals surface area (Å²) < 4.78 is 28.5. The van der Waals surface area contributed by atoms with Crippen LogP contribution >= 0.6 is 15.9 Å². The average Bonchev–Trinajstić information content (AvgIpc) is 2.45. The highest BCUT2D eigenvalue weighted by Gasteiger charge is 2.21. The number of hydrogen-bond donors (Lipinski definition) is 1. The quantitative estimate of drug-likeness (QED) is 0.748. The summed E-state index contributed by atoms with van der Waals surface area (Å²) in [7, 11) is 0. The number of benzene rings is 2. The van der Waals surface area contributed by atoms with Gasteiger partial charge in [0, 0.05) is 21.6 Å². The Labute approximate surface area is 128 Å². The second kappa shape index (κ2) is 5.50. The summed E-state index contributed by atoms with van der Waals surface area (Å²) in [5.74, 6) is -1.36. The lowest BCUT2D eigenvalue weighted by Crippen LogP contribution is -2.16. The fourth-order valence-corrected chi connectivity index (χ4v) is 2.79. The van der Waals surface area contributed by atoms with Crippen LogP contribution < -0.4 is 5.73 Å². The molecule has 21 heavy (non-hydrogen) atoms. The number of hydrogen-bond acceptors (Lipinski definition) is 2. The van der Waals surface area contributed by atoms with Gasteiger partial charge in [0.05, 0.1) is 11.6 Å². The van der Waals surface area contributed by atoms with Crippen molar-refractivity contribution in [1.82, 2.24) is 4.98 Å². The van der Waals surface area contributed by atoms with Crippen LogP contribution in [0.1, 0.15) is 17.2 Å². The maximum absolute atomic E-state index is 14.1. The Bertz CT molecular complexity index is 792. The first-order chi connectivity index (χ1) is 10.1. The van der Waals surface area contributed by atoms with Crippen LogP contribution in [0.4, 0.5) is 8.78 Å². The van der Waals surface area contributed by atoms with Crippen molar-refractivity contribution in [3.63, 3.8) is 0 Å². The monoisotopic (exact) mass is 348 g/mol. The predicted molar refractivity (Wildman–Crippen MR) is 81.8 cm³/mol. The zero-order valence-corrected chi connectivity index (χ0v) is 12.4. The van der Waals surface area contributed by atoms with E-state index in [0.717, 1.165) is 5.39 Å². The molecule has 2 aromatic carbocycles. The van der Waals surface area contributed by atoms with Gasteiger partial charge in [-0.3, -0.25) is 4.98 Å². The normalized spacial score (nSPS) is 12.6. The molecule has 0 aliphatic carbocycles. The second-order valence-corrected chi connectivity index (χ2v) is 5.60. The molecule has 0 aliphatic rings. The molecule has 0 radical (unpaired) electrons. The summed E-state index contributed by atoms with van der Waals surface area (Å²) in [5.41, 5.74) is 7.18. The molecule has 106 valence electrons. The van der Waals surface area contributed by atoms with Crippen molar-refractivity contribution >= 4 is 26.8 Å². The molecule has 0 fully saturated rings. The molecule has 1 atom stereocenters. The topological polar surface area (TPSA) is 38.9 Å². The van der Waals surface area contributed by atoms with Crippen LogP contribution in [0.5, 0.6) is 0 Å². The molecule has 0 aliphatic heterocycles. The molecular formula is C16H11BrF2N2. The van der Waals surface area contributed by atoms with Crippen LogP contribution in [0.3, 0.4) is 0 Å². The van der Waals surface area contributed by atoms with E-state index in [1.54, 1.807) is 24.4 Å². The first kappa shape index (κ1) is 14.1. The third-order valence-corrected chi connectivity index (χ3v) is 3.81. The highest BCUT2D eigenvalue weighted by atomic mass is 79.9. The van der Waals surface area contributed by atoms with E-state index in [4.69, 9.17) is 5.73 Å². The Morgan fingerprint density at radius 2 is 1.71 bits per heavy atom. The van der Waals surface area contributed by atoms with Gasteiger partial charge in [-0.05, 0) is 23.8 Å². The van der Waals surface area contributed by atoms with E-state index in [2.05, 4.69) is 20.9 Å². The van der Waals surface area contributed by atoms with Crippen molar-refractivity contribution in [2.45, 2.75) is 6.04 Å². The van der Waals surface area contributed by atoms with Gasteiger partial charge in [0.1, 0.15) is 11.6 Å². The highest BCUT2D eigenvalue weighted by Crippen LogP contribution is 2.30. The van der Waals surface area contributed by atoms with Gasteiger partial charge < -0.3 is 5.73 Å². The summed E-state index contributed by atoms with van der Waals surface area (Å²) in [6, 6.07) is 10.6. The van der Waals surface area contributed by atoms with E-state index in [-0.39, 0.29) is 5.56 Å². The minimum Gasteiger partial charge on any atom is -0.320 e. The van der Waals surface area contributed by atoms with Crippen LogP contribution in [0.15, 0.2) is 53.1 Å². The molecule has 0 spiro atoms. The minimum atomic E-state index is -0.920. The number of nitrogens with zero attached hydrogens (tertiary/aromatic N) is 1. The highest BCUT2D eigenvalue weighted by molar-refractivity contribution is 9.10. The van der Waals surface area contributed by atoms with Crippen LogP contribution in [0.25, 0.3) is 10.9 Å². The van der Waals surface area contributed by atoms with Gasteiger partial charge in [0.2, 0.25) is 0 Å². The Morgan fingerprint density at radius 1 is 1.05 bits per heavy atom. The number of fused-ring (bicyclic) bond motifs is 1. The van der Waals surface area contributed by atoms with Crippen LogP contribution in [0, 0.1) is 11.6 Å². The van der Waals surface area contributed by atoms with Crippen molar-refractivity contribution < 1.29 is 8.78 Å². The number of nitrogens with two attached hydrogens (primary N) is 1. The lowest BCUT2D eigenvalue weighted by Gasteiger charge is -2.16. The molecule has 2 N–H and O–H groups in total. The Morgan fingerprint density at radius 3 is 2.43 bits per heavy atom. The van der Waals surface area contributed by atoms with E-state index in [1.165, 1.54) is 12.1 Å². The smallest absolute Gasteiger partial charge is 0.132 e. The fourth-order valence-electron chi connectivity index (χ4n) is 2.38. The van der Waals surface area contributed by atoms with E-state index in [9.17, 15) is 8.78 Å². The molecule has 0 saturated heterocycles. The molecule has 0 bridgehead atoms. The largest absolute Gasteiger partial charge is 0.320 e. The first-order valence-electron chi connectivity index (χ1n) is 6.31. The van der Waals surface area contributed by atoms with Gasteiger partial charge in [-0.1, -0.05) is 40.2 Å². The maximum atomic E-state index is 14.1. The van der Waals surface area contributed by atoms with Gasteiger partial charge in [-0.25, -0.2) is 8.78 Å². The maximum Gasteiger partial charge on any atom is 0.132 e. The molecule has 1 heterocycles. The molecular weight excluding hydrogens is 338 g/mol. The lowest BCUT2D eigenvalue weighted by molar-refractivity contribution is 0.542. The van der Waals surface area contributed by atoms with Crippen LogP contribution in [-0.4, -0.2) is 4.98 Å². The van der Waals surface area contributed by atoms with Gasteiger partial charge in [0.15, 0.2) is 0 Å². The minimum absolute atomic E-state index is 0.156. The van der Waals surface area contributed by atoms with Crippen LogP contribution in [0.2, 0.25) is 0 Å². The first-order valence-corrected chi connectivity index (χ1v) is 7.11. The summed E-state index contributed by atoms with van der Waals surface area (Å²) >= 11 is 3.06. The molecule has 1 unspecified atom stereocenters. The van der Waals surface area contributed by atoms with Crippen molar-refractivity contribution in [1.29, 1.82) is 0 Å². The standard InChI is InChI=1S/C16H11BrF2N2/c17-10-7-12(18)14(13(19)8-10)15(20)11-5-1-3-9-4-2-6-21-16(9)11/h1-8,15H,20H2. The lowest BCUT2D eigenvalue weighted by atomic mass is 9.96. The van der Waals surface area contributed by atoms with E-state index >= 15 is 0 Å². The number of halogens is 3. The number of para-hydroxylation sites is 1. The molecule has 3 rings (SSSR count). The number of aromatic nitrogens is 1. The van der Waals surface area contributed by atoms with E-state index in [1.807, 2.05) is 12.1 Å². The summed E-state index contributed by atoms with van der Waals surface area (Å²) in [6.07, 6.45) is 1.63. The van der Waals surface area contributed by atoms with Gasteiger partial charge in [-0.15, -0.1) is 0 Å². The van der Waals surface area contributed by atoms with Crippen LogP contribution in [-0.2, 0) is 0 Å². The summed E-state index contributed by atoms with van der Waals surface area (Å²) in [4.78, 5) is 4.27. The Kier molecular flexibility index (Phi) is 3.69. The second-order valence-electron chi connectivity index (χ2n) is 4.68. The third kappa shape index (κ3) is 2.54. The summed E-state index contributed by atoms with van der Waals surface area (Å²) in [6.45, 7) is 0. The van der Waals surface area contributed by atoms with Gasteiger partial charge in [-0.2, -0.15) is 0 Å². The van der Waals surface area contributed by atoms with Gasteiger partial charge in [0.25, 0.3) is 0 Å².